The minimum absolute atomic E-state index is 0. The fourth-order valence-electron chi connectivity index (χ4n) is 11.7. The first kappa shape index (κ1) is 40.2. The van der Waals surface area contributed by atoms with Gasteiger partial charge in [-0.2, -0.15) is 12.1 Å². The van der Waals surface area contributed by atoms with E-state index in [1.165, 1.54) is 59.9 Å². The Hall–Kier alpha value is -7.89. The van der Waals surface area contributed by atoms with Crippen molar-refractivity contribution in [2.75, 3.05) is 0 Å². The first-order chi connectivity index (χ1) is 33.5. The number of imidazole rings is 1. The number of ether oxygens (including phenoxy) is 1. The smallest absolute Gasteiger partial charge is 0.268 e. The van der Waals surface area contributed by atoms with Crippen LogP contribution in [0.25, 0.3) is 116 Å². The average Bonchev–Trinajstić information content (AvgIpc) is 3.96. The summed E-state index contributed by atoms with van der Waals surface area (Å²) in [6, 6.07) is 75.6. The van der Waals surface area contributed by atoms with Crippen LogP contribution in [-0.4, -0.2) is 22.0 Å². The largest absolute Gasteiger partial charge is 0.510 e. The Morgan fingerprint density at radius 1 is 0.464 bits per heavy atom. The fourth-order valence-corrected chi connectivity index (χ4v) is 14.6. The van der Waals surface area contributed by atoms with Crippen LogP contribution < -0.4 is 19.7 Å². The van der Waals surface area contributed by atoms with Gasteiger partial charge in [-0.3, -0.25) is 4.57 Å². The van der Waals surface area contributed by atoms with Gasteiger partial charge in [-0.05, 0) is 84.2 Å². The van der Waals surface area contributed by atoms with Crippen molar-refractivity contribution in [2.45, 2.75) is 13.1 Å². The quantitative estimate of drug-likeness (QED) is 0.0982. The van der Waals surface area contributed by atoms with E-state index in [0.717, 1.165) is 66.1 Å². The molecule has 0 atom stereocenters. The van der Waals surface area contributed by atoms with Crippen LogP contribution in [0.4, 0.5) is 0 Å². The van der Waals surface area contributed by atoms with Crippen molar-refractivity contribution < 1.29 is 30.4 Å². The van der Waals surface area contributed by atoms with Gasteiger partial charge in [0.05, 0.1) is 16.7 Å². The topological polar surface area (TPSA) is 35.3 Å². The van der Waals surface area contributed by atoms with Gasteiger partial charge < -0.3 is 13.7 Å². The van der Waals surface area contributed by atoms with Gasteiger partial charge in [0.2, 0.25) is 0 Å². The molecule has 0 spiro atoms. The van der Waals surface area contributed by atoms with E-state index in [0.29, 0.717) is 11.5 Å². The minimum Gasteiger partial charge on any atom is -0.510 e. The van der Waals surface area contributed by atoms with Crippen LogP contribution in [0.5, 0.6) is 11.5 Å². The van der Waals surface area contributed by atoms with Crippen LogP contribution >= 0.6 is 0 Å². The van der Waals surface area contributed by atoms with Crippen molar-refractivity contribution >= 4 is 89.3 Å². The molecule has 0 saturated carbocycles. The summed E-state index contributed by atoms with van der Waals surface area (Å²) in [7, 11) is -2.29. The van der Waals surface area contributed by atoms with Crippen LogP contribution in [0.2, 0.25) is 13.1 Å². The molecule has 0 radical (unpaired) electrons. The molecule has 69 heavy (non-hydrogen) atoms. The zero-order chi connectivity index (χ0) is 44.8. The van der Waals surface area contributed by atoms with Gasteiger partial charge in [0, 0.05) is 63.1 Å². The summed E-state index contributed by atoms with van der Waals surface area (Å²) in [5, 5.41) is 11.8. The van der Waals surface area contributed by atoms with E-state index < -0.39 is 8.07 Å². The monoisotopic (exact) mass is 1080 g/mol. The summed E-state index contributed by atoms with van der Waals surface area (Å²) in [6.45, 7) is 4.92. The van der Waals surface area contributed by atoms with E-state index in [4.69, 9.17) is 9.72 Å². The molecule has 0 N–H and O–H groups in total. The molecule has 13 aromatic rings. The molecule has 328 valence electrons. The van der Waals surface area contributed by atoms with Crippen molar-refractivity contribution in [1.82, 2.24) is 14.0 Å². The van der Waals surface area contributed by atoms with Crippen LogP contribution in [-0.2, 0) is 21.1 Å². The number of para-hydroxylation sites is 2. The molecule has 0 saturated heterocycles. The van der Waals surface area contributed by atoms with Gasteiger partial charge in [0.15, 0.2) is 0 Å². The number of nitrogens with zero attached hydrogens (tertiary/aromatic N) is 4. The third kappa shape index (κ3) is 5.56. The summed E-state index contributed by atoms with van der Waals surface area (Å²) >= 11 is 0. The molecule has 7 heteroatoms. The summed E-state index contributed by atoms with van der Waals surface area (Å²) in [5.41, 5.74) is 14.4. The second kappa shape index (κ2) is 14.8. The van der Waals surface area contributed by atoms with E-state index >= 15 is 0 Å². The third-order valence-electron chi connectivity index (χ3n) is 14.8. The number of benzene rings is 9. The molecule has 0 bridgehead atoms. The second-order valence-electron chi connectivity index (χ2n) is 18.6. The molecule has 6 heterocycles. The van der Waals surface area contributed by atoms with Gasteiger partial charge in [-0.1, -0.05) is 169 Å². The van der Waals surface area contributed by atoms with E-state index in [2.05, 4.69) is 221 Å². The summed E-state index contributed by atoms with van der Waals surface area (Å²) in [4.78, 5) is 5.15. The standard InChI is InChI=1S/C62H38N4OSi.Pt/c1-68(2)57-32-29-39(36-56(57)65-37-64-54-27-12-11-23-48(54)44-19-7-3-15-40(44)41-16-5-9-21-46(41)52-31-33-58(68)61(65)60(52)64)67-38-28-30-49-51-25-13-24-50-45-20-8-4-17-42(45)43-18-6-10-22-47(43)53-26-14-34-63-62(53)66(59(50)51)55(49)35-38;/h3-34H,1-2H3;/q-2;. The minimum atomic E-state index is -2.29. The molecule has 0 fully saturated rings. The van der Waals surface area contributed by atoms with Gasteiger partial charge in [-0.15, -0.1) is 34.8 Å². The molecule has 0 aliphatic carbocycles. The SMILES string of the molecule is C[Si]1(C)c2ccc(Oc3[c-]c4c(cc3)c3cccc5c6ccccc6c6ccccc6c6cccnc6n4c53)[c-]c2-n2[c-][n+]3c4c(ccc1c42)-c1ccccc1-c1ccccc1-c1ccccc1-3.[Pt]. The van der Waals surface area contributed by atoms with Gasteiger partial charge in [0.25, 0.3) is 6.33 Å². The molecule has 5 nitrogen and oxygen atoms in total. The molecule has 2 aliphatic heterocycles. The van der Waals surface area contributed by atoms with E-state index in [-0.39, 0.29) is 21.1 Å². The third-order valence-corrected chi connectivity index (χ3v) is 18.3. The average molecular weight is 1080 g/mol. The Balaban J connectivity index is 0.00000448. The van der Waals surface area contributed by atoms with Crippen molar-refractivity contribution in [3.05, 3.63) is 213 Å². The Labute approximate surface area is 413 Å². The first-order valence-corrected chi connectivity index (χ1v) is 26.2. The maximum absolute atomic E-state index is 6.93. The molecular weight excluding hydrogens is 1040 g/mol. The number of hydrogen-bond donors (Lipinski definition) is 0. The Bertz CT molecular complexity index is 4410. The van der Waals surface area contributed by atoms with E-state index in [1.807, 2.05) is 18.3 Å². The van der Waals surface area contributed by atoms with Crippen LogP contribution in [0.1, 0.15) is 0 Å². The zero-order valence-corrected chi connectivity index (χ0v) is 40.8. The maximum atomic E-state index is 6.93. The Morgan fingerprint density at radius 2 is 1.00 bits per heavy atom. The molecule has 2 aliphatic rings. The van der Waals surface area contributed by atoms with Crippen molar-refractivity contribution in [1.29, 1.82) is 0 Å². The second-order valence-corrected chi connectivity index (χ2v) is 23.0. The molecule has 0 amide bonds. The number of rotatable bonds is 2. The van der Waals surface area contributed by atoms with E-state index in [9.17, 15) is 0 Å². The van der Waals surface area contributed by atoms with Gasteiger partial charge in [0.1, 0.15) is 5.65 Å². The van der Waals surface area contributed by atoms with Crippen molar-refractivity contribution in [2.24, 2.45) is 0 Å². The normalized spacial score (nSPS) is 13.1. The van der Waals surface area contributed by atoms with Crippen LogP contribution in [0.15, 0.2) is 194 Å². The van der Waals surface area contributed by atoms with Gasteiger partial charge >= 0.3 is 0 Å². The zero-order valence-electron chi connectivity index (χ0n) is 37.5. The first-order valence-electron chi connectivity index (χ1n) is 23.2. The van der Waals surface area contributed by atoms with Gasteiger partial charge in [-0.25, -0.2) is 4.98 Å². The number of aromatic nitrogens is 4. The molecule has 4 aromatic heterocycles. The molecular formula is C62H38N4OPtSi-2. The predicted molar refractivity (Wildman–Crippen MR) is 280 cm³/mol. The number of fused-ring (bicyclic) bond motifs is 19. The number of pyridine rings is 1. The molecule has 9 aromatic carbocycles. The predicted octanol–water partition coefficient (Wildman–Crippen LogP) is 13.5. The Kier molecular flexibility index (Phi) is 8.62. The maximum Gasteiger partial charge on any atom is 0.268 e. The van der Waals surface area contributed by atoms with Crippen LogP contribution in [0.3, 0.4) is 0 Å². The van der Waals surface area contributed by atoms with Crippen molar-refractivity contribution in [3.8, 4) is 56.3 Å². The summed E-state index contributed by atoms with van der Waals surface area (Å²) < 4.78 is 13.8. The van der Waals surface area contributed by atoms with E-state index in [1.54, 1.807) is 0 Å². The summed E-state index contributed by atoms with van der Waals surface area (Å²) in [6.07, 6.45) is 5.82. The van der Waals surface area contributed by atoms with Crippen LogP contribution in [0, 0.1) is 18.5 Å². The molecule has 0 unspecified atom stereocenters. The molecule has 15 rings (SSSR count). The number of hydrogen-bond acceptors (Lipinski definition) is 2. The summed E-state index contributed by atoms with van der Waals surface area (Å²) in [5.74, 6) is 1.22. The fraction of sp³-hybridized carbons (Fsp3) is 0.0323. The van der Waals surface area contributed by atoms with Crippen molar-refractivity contribution in [3.63, 3.8) is 0 Å². The Morgan fingerprint density at radius 3 is 1.72 bits per heavy atom.